The van der Waals surface area contributed by atoms with Crippen LogP contribution in [0.25, 0.3) is 11.0 Å². The van der Waals surface area contributed by atoms with Gasteiger partial charge in [-0.25, -0.2) is 4.98 Å². The normalized spacial score (nSPS) is 16.6. The minimum absolute atomic E-state index is 0.386. The Balaban J connectivity index is 2.10. The van der Waals surface area contributed by atoms with Crippen molar-refractivity contribution in [3.05, 3.63) is 29.6 Å². The van der Waals surface area contributed by atoms with Crippen LogP contribution in [0.4, 0.5) is 0 Å². The van der Waals surface area contributed by atoms with Crippen molar-refractivity contribution in [2.75, 3.05) is 0 Å². The molecule has 1 saturated carbocycles. The van der Waals surface area contributed by atoms with Gasteiger partial charge in [0.15, 0.2) is 0 Å². The molecular formula is C16H18ClN3. The van der Waals surface area contributed by atoms with E-state index in [4.69, 9.17) is 16.9 Å². The Morgan fingerprint density at radius 2 is 2.20 bits per heavy atom. The van der Waals surface area contributed by atoms with E-state index in [1.807, 2.05) is 18.2 Å². The van der Waals surface area contributed by atoms with Gasteiger partial charge in [0.2, 0.25) is 0 Å². The molecule has 0 atom stereocenters. The van der Waals surface area contributed by atoms with Crippen molar-refractivity contribution in [3.63, 3.8) is 0 Å². The second-order valence-corrected chi connectivity index (χ2v) is 6.35. The fourth-order valence-corrected chi connectivity index (χ4v) is 3.12. The minimum Gasteiger partial charge on any atom is -0.326 e. The summed E-state index contributed by atoms with van der Waals surface area (Å²) in [5.74, 6) is 1.97. The molecule has 4 heteroatoms. The third-order valence-corrected chi connectivity index (χ3v) is 4.90. The van der Waals surface area contributed by atoms with Crippen LogP contribution < -0.4 is 0 Å². The molecule has 0 bridgehead atoms. The first-order valence-electron chi connectivity index (χ1n) is 7.05. The molecule has 0 saturated heterocycles. The van der Waals surface area contributed by atoms with E-state index in [2.05, 4.69) is 29.5 Å². The van der Waals surface area contributed by atoms with Gasteiger partial charge < -0.3 is 4.57 Å². The molecule has 1 aromatic carbocycles. The van der Waals surface area contributed by atoms with Crippen molar-refractivity contribution in [1.82, 2.24) is 9.55 Å². The zero-order chi connectivity index (χ0) is 14.3. The second-order valence-electron chi connectivity index (χ2n) is 6.08. The zero-order valence-electron chi connectivity index (χ0n) is 11.9. The number of benzene rings is 1. The maximum atomic E-state index is 9.08. The van der Waals surface area contributed by atoms with Crippen molar-refractivity contribution in [2.24, 2.45) is 11.3 Å². The zero-order valence-corrected chi connectivity index (χ0v) is 12.6. The van der Waals surface area contributed by atoms with Gasteiger partial charge in [-0.05, 0) is 42.4 Å². The molecule has 3 rings (SSSR count). The van der Waals surface area contributed by atoms with Crippen molar-refractivity contribution in [1.29, 1.82) is 5.26 Å². The first kappa shape index (κ1) is 13.5. The van der Waals surface area contributed by atoms with E-state index < -0.39 is 0 Å². The van der Waals surface area contributed by atoms with Gasteiger partial charge in [0.05, 0.1) is 28.5 Å². The van der Waals surface area contributed by atoms with E-state index in [1.54, 1.807) is 0 Å². The standard InChI is InChI=1S/C16H18ClN3/c1-11(2)16(5-6-16)10-20-14-7-12(9-18)3-4-13(14)19-15(20)8-17/h3-4,7,11H,5-6,8,10H2,1-2H3. The molecule has 1 aromatic heterocycles. The fourth-order valence-electron chi connectivity index (χ4n) is 2.91. The summed E-state index contributed by atoms with van der Waals surface area (Å²) < 4.78 is 2.22. The molecule has 104 valence electrons. The molecule has 0 amide bonds. The summed E-state index contributed by atoms with van der Waals surface area (Å²) in [5.41, 5.74) is 3.02. The summed E-state index contributed by atoms with van der Waals surface area (Å²) in [6.45, 7) is 5.53. The van der Waals surface area contributed by atoms with E-state index in [9.17, 15) is 0 Å². The van der Waals surface area contributed by atoms with E-state index in [0.717, 1.165) is 23.4 Å². The summed E-state index contributed by atoms with van der Waals surface area (Å²) in [4.78, 5) is 4.60. The summed E-state index contributed by atoms with van der Waals surface area (Å²) in [6.07, 6.45) is 2.54. The molecule has 2 aromatic rings. The molecule has 0 aliphatic heterocycles. The Morgan fingerprint density at radius 1 is 1.45 bits per heavy atom. The van der Waals surface area contributed by atoms with Gasteiger partial charge in [-0.2, -0.15) is 5.26 Å². The van der Waals surface area contributed by atoms with Gasteiger partial charge in [0.1, 0.15) is 5.82 Å². The molecule has 0 unspecified atom stereocenters. The van der Waals surface area contributed by atoms with Crippen LogP contribution in [-0.4, -0.2) is 9.55 Å². The highest BCUT2D eigenvalue weighted by atomic mass is 35.5. The van der Waals surface area contributed by atoms with Crippen molar-refractivity contribution in [3.8, 4) is 6.07 Å². The van der Waals surface area contributed by atoms with E-state index in [0.29, 0.717) is 22.8 Å². The first-order chi connectivity index (χ1) is 9.59. The lowest BCUT2D eigenvalue weighted by Crippen LogP contribution is -2.19. The number of imidazole rings is 1. The predicted molar refractivity (Wildman–Crippen MR) is 80.5 cm³/mol. The van der Waals surface area contributed by atoms with Crippen LogP contribution in [0, 0.1) is 22.7 Å². The Morgan fingerprint density at radius 3 is 2.75 bits per heavy atom. The monoisotopic (exact) mass is 287 g/mol. The number of aromatic nitrogens is 2. The van der Waals surface area contributed by atoms with Crippen molar-refractivity contribution in [2.45, 2.75) is 39.1 Å². The lowest BCUT2D eigenvalue weighted by molar-refractivity contribution is 0.309. The van der Waals surface area contributed by atoms with E-state index >= 15 is 0 Å². The number of hydrogen-bond acceptors (Lipinski definition) is 2. The van der Waals surface area contributed by atoms with Crippen LogP contribution in [0.2, 0.25) is 0 Å². The van der Waals surface area contributed by atoms with Gasteiger partial charge in [-0.1, -0.05) is 13.8 Å². The van der Waals surface area contributed by atoms with Crippen LogP contribution in [0.15, 0.2) is 18.2 Å². The predicted octanol–water partition coefficient (Wildman–Crippen LogP) is 4.08. The Kier molecular flexibility index (Phi) is 3.22. The fraction of sp³-hybridized carbons (Fsp3) is 0.500. The summed E-state index contributed by atoms with van der Waals surface area (Å²) in [7, 11) is 0. The molecule has 20 heavy (non-hydrogen) atoms. The van der Waals surface area contributed by atoms with Crippen LogP contribution in [-0.2, 0) is 12.4 Å². The largest absolute Gasteiger partial charge is 0.326 e. The average molecular weight is 288 g/mol. The van der Waals surface area contributed by atoms with Gasteiger partial charge >= 0.3 is 0 Å². The van der Waals surface area contributed by atoms with Crippen molar-refractivity contribution < 1.29 is 0 Å². The molecule has 0 spiro atoms. The molecule has 1 fully saturated rings. The molecule has 1 aliphatic rings. The number of nitrogens with zero attached hydrogens (tertiary/aromatic N) is 3. The Bertz CT molecular complexity index is 690. The van der Waals surface area contributed by atoms with E-state index in [-0.39, 0.29) is 0 Å². The SMILES string of the molecule is CC(C)C1(Cn2c(CCl)nc3ccc(C#N)cc32)CC1. The maximum Gasteiger partial charge on any atom is 0.124 e. The number of fused-ring (bicyclic) bond motifs is 1. The number of rotatable bonds is 4. The molecular weight excluding hydrogens is 270 g/mol. The summed E-state index contributed by atoms with van der Waals surface area (Å²) in [5, 5.41) is 9.08. The van der Waals surface area contributed by atoms with E-state index in [1.165, 1.54) is 12.8 Å². The van der Waals surface area contributed by atoms with Gasteiger partial charge in [0.25, 0.3) is 0 Å². The van der Waals surface area contributed by atoms with Crippen LogP contribution in [0.5, 0.6) is 0 Å². The number of nitriles is 1. The summed E-state index contributed by atoms with van der Waals surface area (Å²) >= 11 is 6.06. The smallest absolute Gasteiger partial charge is 0.124 e. The molecule has 3 nitrogen and oxygen atoms in total. The Labute approximate surface area is 124 Å². The highest BCUT2D eigenvalue weighted by Gasteiger charge is 2.46. The third kappa shape index (κ3) is 2.09. The topological polar surface area (TPSA) is 41.6 Å². The molecule has 1 heterocycles. The number of halogens is 1. The average Bonchev–Trinajstić information content (AvgIpc) is 3.16. The van der Waals surface area contributed by atoms with Crippen molar-refractivity contribution >= 4 is 22.6 Å². The van der Waals surface area contributed by atoms with Gasteiger partial charge in [-0.3, -0.25) is 0 Å². The third-order valence-electron chi connectivity index (χ3n) is 4.67. The van der Waals surface area contributed by atoms with Gasteiger partial charge in [0, 0.05) is 6.54 Å². The molecule has 0 N–H and O–H groups in total. The Hall–Kier alpha value is -1.53. The van der Waals surface area contributed by atoms with Crippen LogP contribution >= 0.6 is 11.6 Å². The van der Waals surface area contributed by atoms with Crippen LogP contribution in [0.3, 0.4) is 0 Å². The quantitative estimate of drug-likeness (QED) is 0.795. The highest BCUT2D eigenvalue weighted by molar-refractivity contribution is 6.16. The maximum absolute atomic E-state index is 9.08. The lowest BCUT2D eigenvalue weighted by Gasteiger charge is -2.21. The number of hydrogen-bond donors (Lipinski definition) is 0. The van der Waals surface area contributed by atoms with Crippen LogP contribution in [0.1, 0.15) is 38.1 Å². The first-order valence-corrected chi connectivity index (χ1v) is 7.58. The molecule has 1 aliphatic carbocycles. The molecule has 0 radical (unpaired) electrons. The lowest BCUT2D eigenvalue weighted by atomic mass is 9.92. The summed E-state index contributed by atoms with van der Waals surface area (Å²) in [6, 6.07) is 7.85. The highest BCUT2D eigenvalue weighted by Crippen LogP contribution is 2.53. The van der Waals surface area contributed by atoms with Gasteiger partial charge in [-0.15, -0.1) is 11.6 Å². The second kappa shape index (κ2) is 4.79. The number of alkyl halides is 1. The minimum atomic E-state index is 0.386.